The van der Waals surface area contributed by atoms with E-state index in [0.29, 0.717) is 24.6 Å². The Morgan fingerprint density at radius 2 is 2.16 bits per heavy atom. The zero-order chi connectivity index (χ0) is 13.7. The summed E-state index contributed by atoms with van der Waals surface area (Å²) in [6.07, 6.45) is 2.95. The van der Waals surface area contributed by atoms with Gasteiger partial charge in [-0.25, -0.2) is 0 Å². The van der Waals surface area contributed by atoms with Crippen LogP contribution in [0.2, 0.25) is 0 Å². The number of ether oxygens (including phenoxy) is 1. The number of benzene rings is 1. The Labute approximate surface area is 112 Å². The summed E-state index contributed by atoms with van der Waals surface area (Å²) in [5, 5.41) is 3.93. The first-order valence-corrected chi connectivity index (χ1v) is 6.05. The van der Waals surface area contributed by atoms with Gasteiger partial charge in [0.05, 0.1) is 13.2 Å². The highest BCUT2D eigenvalue weighted by Gasteiger charge is 2.13. The van der Waals surface area contributed by atoms with Crippen LogP contribution in [0.3, 0.4) is 0 Å². The van der Waals surface area contributed by atoms with Gasteiger partial charge in [0.15, 0.2) is 5.82 Å². The molecule has 1 unspecified atom stereocenters. The average Bonchev–Trinajstić information content (AvgIpc) is 2.88. The van der Waals surface area contributed by atoms with Gasteiger partial charge < -0.3 is 15.0 Å². The minimum Gasteiger partial charge on any atom is -0.497 e. The van der Waals surface area contributed by atoms with Gasteiger partial charge in [0.2, 0.25) is 5.89 Å². The first-order chi connectivity index (χ1) is 9.22. The summed E-state index contributed by atoms with van der Waals surface area (Å²) in [6, 6.07) is 7.46. The largest absolute Gasteiger partial charge is 0.497 e. The molecule has 5 nitrogen and oxygen atoms in total. The number of nitrogens with zero attached hydrogens (tertiary/aromatic N) is 2. The predicted molar refractivity (Wildman–Crippen MR) is 71.8 cm³/mol. The fourth-order valence-corrected chi connectivity index (χ4v) is 1.70. The van der Waals surface area contributed by atoms with Gasteiger partial charge in [-0.2, -0.15) is 4.98 Å². The molecule has 19 heavy (non-hydrogen) atoms. The predicted octanol–water partition coefficient (Wildman–Crippen LogP) is 2.24. The molecule has 5 heteroatoms. The van der Waals surface area contributed by atoms with E-state index in [1.807, 2.05) is 24.3 Å². The molecule has 0 saturated carbocycles. The fourth-order valence-electron chi connectivity index (χ4n) is 1.70. The monoisotopic (exact) mass is 259 g/mol. The Bertz CT molecular complexity index is 534. The molecule has 0 amide bonds. The highest BCUT2D eigenvalue weighted by Crippen LogP contribution is 2.16. The molecule has 2 aromatic rings. The van der Waals surface area contributed by atoms with E-state index in [4.69, 9.17) is 15.0 Å². The highest BCUT2D eigenvalue weighted by atomic mass is 16.5. The Hall–Kier alpha value is -2.14. The van der Waals surface area contributed by atoms with Crippen molar-refractivity contribution in [1.29, 1.82) is 0 Å². The Morgan fingerprint density at radius 3 is 2.79 bits per heavy atom. The van der Waals surface area contributed by atoms with Crippen LogP contribution in [-0.2, 0) is 6.42 Å². The zero-order valence-electron chi connectivity index (χ0n) is 10.9. The van der Waals surface area contributed by atoms with Crippen LogP contribution in [0.5, 0.6) is 5.75 Å². The molecule has 0 spiro atoms. The third kappa shape index (κ3) is 3.42. The molecule has 1 atom stereocenters. The van der Waals surface area contributed by atoms with Crippen molar-refractivity contribution < 1.29 is 9.26 Å². The van der Waals surface area contributed by atoms with Gasteiger partial charge in [0.1, 0.15) is 5.75 Å². The normalized spacial score (nSPS) is 12.1. The van der Waals surface area contributed by atoms with Gasteiger partial charge in [0.25, 0.3) is 0 Å². The molecule has 0 aliphatic rings. The molecular formula is C14H17N3O2. The summed E-state index contributed by atoms with van der Waals surface area (Å²) in [6.45, 7) is 3.64. The molecule has 0 fully saturated rings. The first-order valence-electron chi connectivity index (χ1n) is 6.05. The minimum absolute atomic E-state index is 0.283. The molecule has 1 heterocycles. The molecule has 0 radical (unpaired) electrons. The van der Waals surface area contributed by atoms with Gasteiger partial charge in [-0.1, -0.05) is 23.4 Å². The number of nitrogens with two attached hydrogens (primary N) is 1. The van der Waals surface area contributed by atoms with Crippen LogP contribution >= 0.6 is 0 Å². The Kier molecular flexibility index (Phi) is 4.30. The van der Waals surface area contributed by atoms with E-state index in [-0.39, 0.29) is 6.04 Å². The van der Waals surface area contributed by atoms with E-state index in [0.717, 1.165) is 11.3 Å². The molecule has 100 valence electrons. The molecule has 1 aromatic heterocycles. The third-order valence-electron chi connectivity index (χ3n) is 2.74. The summed E-state index contributed by atoms with van der Waals surface area (Å²) >= 11 is 0. The van der Waals surface area contributed by atoms with Crippen molar-refractivity contribution in [2.75, 3.05) is 7.11 Å². The number of methoxy groups -OCH3 is 1. The number of rotatable bonds is 6. The Morgan fingerprint density at radius 1 is 1.42 bits per heavy atom. The molecule has 1 aromatic carbocycles. The van der Waals surface area contributed by atoms with Crippen LogP contribution in [0, 0.1) is 0 Å². The zero-order valence-corrected chi connectivity index (χ0v) is 10.9. The van der Waals surface area contributed by atoms with Crippen LogP contribution in [0.1, 0.15) is 29.7 Å². The average molecular weight is 259 g/mol. The van der Waals surface area contributed by atoms with Crippen LogP contribution in [0.25, 0.3) is 0 Å². The first kappa shape index (κ1) is 13.3. The minimum atomic E-state index is -0.283. The molecule has 2 rings (SSSR count). The van der Waals surface area contributed by atoms with E-state index < -0.39 is 0 Å². The SMILES string of the molecule is C=CCC(N)c1nc(Cc2ccc(OC)cc2)no1. The van der Waals surface area contributed by atoms with E-state index in [9.17, 15) is 0 Å². The summed E-state index contributed by atoms with van der Waals surface area (Å²) in [7, 11) is 1.64. The van der Waals surface area contributed by atoms with E-state index in [2.05, 4.69) is 16.7 Å². The second kappa shape index (κ2) is 6.15. The second-order valence-electron chi connectivity index (χ2n) is 4.20. The molecular weight excluding hydrogens is 242 g/mol. The summed E-state index contributed by atoms with van der Waals surface area (Å²) in [5.41, 5.74) is 6.95. The maximum atomic E-state index is 5.87. The second-order valence-corrected chi connectivity index (χ2v) is 4.20. The van der Waals surface area contributed by atoms with E-state index >= 15 is 0 Å². The number of hydrogen-bond acceptors (Lipinski definition) is 5. The third-order valence-corrected chi connectivity index (χ3v) is 2.74. The van der Waals surface area contributed by atoms with Crippen LogP contribution in [0.15, 0.2) is 41.4 Å². The van der Waals surface area contributed by atoms with Gasteiger partial charge in [-0.15, -0.1) is 6.58 Å². The Balaban J connectivity index is 2.04. The maximum Gasteiger partial charge on any atom is 0.243 e. The smallest absolute Gasteiger partial charge is 0.243 e. The number of hydrogen-bond donors (Lipinski definition) is 1. The lowest BCUT2D eigenvalue weighted by Gasteiger charge is -2.01. The lowest BCUT2D eigenvalue weighted by molar-refractivity contribution is 0.352. The van der Waals surface area contributed by atoms with Crippen molar-refractivity contribution in [2.45, 2.75) is 18.9 Å². The van der Waals surface area contributed by atoms with E-state index in [1.165, 1.54) is 0 Å². The highest BCUT2D eigenvalue weighted by molar-refractivity contribution is 5.28. The van der Waals surface area contributed by atoms with Crippen LogP contribution in [-0.4, -0.2) is 17.3 Å². The van der Waals surface area contributed by atoms with Gasteiger partial charge in [-0.3, -0.25) is 0 Å². The van der Waals surface area contributed by atoms with Crippen LogP contribution < -0.4 is 10.5 Å². The standard InChI is InChI=1S/C14H17N3O2/c1-3-4-12(15)14-16-13(17-19-14)9-10-5-7-11(18-2)8-6-10/h3,5-8,12H,1,4,9,15H2,2H3. The molecule has 2 N–H and O–H groups in total. The quantitative estimate of drug-likeness (QED) is 0.805. The fraction of sp³-hybridized carbons (Fsp3) is 0.286. The molecule has 0 aliphatic heterocycles. The maximum absolute atomic E-state index is 5.87. The van der Waals surface area contributed by atoms with E-state index in [1.54, 1.807) is 13.2 Å². The summed E-state index contributed by atoms with van der Waals surface area (Å²) in [5.74, 6) is 1.90. The lowest BCUT2D eigenvalue weighted by Crippen LogP contribution is -2.09. The van der Waals surface area contributed by atoms with Crippen molar-refractivity contribution in [3.05, 3.63) is 54.2 Å². The van der Waals surface area contributed by atoms with Crippen molar-refractivity contribution in [1.82, 2.24) is 10.1 Å². The van der Waals surface area contributed by atoms with Gasteiger partial charge >= 0.3 is 0 Å². The van der Waals surface area contributed by atoms with Crippen LogP contribution in [0.4, 0.5) is 0 Å². The summed E-state index contributed by atoms with van der Waals surface area (Å²) < 4.78 is 10.2. The molecule has 0 bridgehead atoms. The van der Waals surface area contributed by atoms with Crippen molar-refractivity contribution in [3.63, 3.8) is 0 Å². The molecule has 0 aliphatic carbocycles. The van der Waals surface area contributed by atoms with Crippen molar-refractivity contribution >= 4 is 0 Å². The van der Waals surface area contributed by atoms with Crippen molar-refractivity contribution in [3.8, 4) is 5.75 Å². The van der Waals surface area contributed by atoms with Crippen molar-refractivity contribution in [2.24, 2.45) is 5.73 Å². The van der Waals surface area contributed by atoms with Gasteiger partial charge in [-0.05, 0) is 24.1 Å². The summed E-state index contributed by atoms with van der Waals surface area (Å²) in [4.78, 5) is 4.28. The van der Waals surface area contributed by atoms with Gasteiger partial charge in [0, 0.05) is 6.42 Å². The topological polar surface area (TPSA) is 74.2 Å². The molecule has 0 saturated heterocycles. The number of aromatic nitrogens is 2. The lowest BCUT2D eigenvalue weighted by atomic mass is 10.1.